The molecule has 0 radical (unpaired) electrons. The van der Waals surface area contributed by atoms with Gasteiger partial charge in [-0.15, -0.1) is 0 Å². The lowest BCUT2D eigenvalue weighted by Gasteiger charge is -2.09. The van der Waals surface area contributed by atoms with Crippen LogP contribution in [0.1, 0.15) is 6.42 Å². The third-order valence-corrected chi connectivity index (χ3v) is 1.32. The van der Waals surface area contributed by atoms with E-state index < -0.39 is 31.1 Å². The predicted octanol–water partition coefficient (Wildman–Crippen LogP) is 1.11. The van der Waals surface area contributed by atoms with Crippen LogP contribution >= 0.6 is 0 Å². The third-order valence-electron chi connectivity index (χ3n) is 1.32. The first kappa shape index (κ1) is 7.37. The Balaban J connectivity index is 2.53. The number of rotatable bonds is 0. The molecular weight excluding hydrogens is 149 g/mol. The maximum absolute atomic E-state index is 11.7. The van der Waals surface area contributed by atoms with E-state index in [1.54, 1.807) is 0 Å². The molecule has 1 heterocycles. The molecule has 0 aliphatic carbocycles. The second-order valence-electron chi connectivity index (χ2n) is 2.13. The Morgan fingerprint density at radius 1 is 1.50 bits per heavy atom. The minimum absolute atomic E-state index is 0.512. The molecule has 2 nitrogen and oxygen atoms in total. The summed E-state index contributed by atoms with van der Waals surface area (Å²) in [6.07, 6.45) is -4.81. The third kappa shape index (κ3) is 1.40. The Bertz CT molecular complexity index is 151. The van der Waals surface area contributed by atoms with E-state index in [1.165, 1.54) is 0 Å². The monoisotopic (exact) mass is 154 g/mol. The quantitative estimate of drug-likeness (QED) is 0.488. The molecule has 0 aromatic carbocycles. The van der Waals surface area contributed by atoms with Crippen LogP contribution in [0, 0.1) is 5.92 Å². The number of alkyl halides is 3. The predicted molar refractivity (Wildman–Crippen MR) is 25.1 cm³/mol. The van der Waals surface area contributed by atoms with Crippen LogP contribution in [0.2, 0.25) is 0 Å². The lowest BCUT2D eigenvalue weighted by atomic mass is 10.1. The van der Waals surface area contributed by atoms with Crippen LogP contribution in [-0.4, -0.2) is 18.8 Å². The molecule has 1 atom stereocenters. The van der Waals surface area contributed by atoms with Gasteiger partial charge in [0.1, 0.15) is 6.61 Å². The number of carbonyl (C=O) groups is 1. The van der Waals surface area contributed by atoms with Crippen molar-refractivity contribution in [3.05, 3.63) is 0 Å². The topological polar surface area (TPSA) is 26.3 Å². The highest BCUT2D eigenvalue weighted by molar-refractivity contribution is 5.71. The molecule has 1 aliphatic heterocycles. The van der Waals surface area contributed by atoms with Crippen molar-refractivity contribution in [1.82, 2.24) is 0 Å². The molecule has 1 aliphatic rings. The number of halogens is 3. The summed E-state index contributed by atoms with van der Waals surface area (Å²) in [4.78, 5) is 10.2. The number of hydrogen-bond donors (Lipinski definition) is 0. The van der Waals surface area contributed by atoms with E-state index >= 15 is 0 Å². The van der Waals surface area contributed by atoms with Crippen molar-refractivity contribution in [1.29, 1.82) is 0 Å². The Hall–Kier alpha value is -0.740. The highest BCUT2D eigenvalue weighted by Gasteiger charge is 2.45. The fraction of sp³-hybridized carbons (Fsp3) is 0.800. The zero-order valence-corrected chi connectivity index (χ0v) is 4.94. The van der Waals surface area contributed by atoms with Crippen LogP contribution in [0.15, 0.2) is 0 Å². The van der Waals surface area contributed by atoms with E-state index in [1.807, 2.05) is 0 Å². The lowest BCUT2D eigenvalue weighted by molar-refractivity contribution is -0.173. The summed E-state index contributed by atoms with van der Waals surface area (Å²) in [5.41, 5.74) is 0. The summed E-state index contributed by atoms with van der Waals surface area (Å²) in [5.74, 6) is -2.35. The van der Waals surface area contributed by atoms with Crippen molar-refractivity contribution in [3.63, 3.8) is 0 Å². The highest BCUT2D eigenvalue weighted by Crippen LogP contribution is 2.32. The van der Waals surface area contributed by atoms with E-state index in [0.29, 0.717) is 0 Å². The molecule has 1 rings (SSSR count). The largest absolute Gasteiger partial charge is 0.465 e. The van der Waals surface area contributed by atoms with Gasteiger partial charge in [0.15, 0.2) is 0 Å². The van der Waals surface area contributed by atoms with Gasteiger partial charge in [-0.25, -0.2) is 0 Å². The zero-order valence-electron chi connectivity index (χ0n) is 4.94. The highest BCUT2D eigenvalue weighted by atomic mass is 19.4. The summed E-state index contributed by atoms with van der Waals surface area (Å²) < 4.78 is 39.2. The standard InChI is InChI=1S/C5H5F3O2/c6-5(7,8)3-1-4(9)10-2-3/h3H,1-2H2. The minimum atomic E-state index is -4.29. The van der Waals surface area contributed by atoms with Gasteiger partial charge in [0, 0.05) is 0 Å². The average molecular weight is 154 g/mol. The van der Waals surface area contributed by atoms with Crippen LogP contribution in [0.4, 0.5) is 13.2 Å². The molecule has 1 fully saturated rings. The summed E-state index contributed by atoms with van der Waals surface area (Å²) in [7, 11) is 0. The Kier molecular flexibility index (Phi) is 1.58. The molecule has 10 heavy (non-hydrogen) atoms. The first-order valence-electron chi connectivity index (χ1n) is 2.72. The van der Waals surface area contributed by atoms with Gasteiger partial charge >= 0.3 is 12.1 Å². The first-order valence-corrected chi connectivity index (χ1v) is 2.72. The molecule has 0 bridgehead atoms. The summed E-state index contributed by atoms with van der Waals surface area (Å²) in [6.45, 7) is -0.512. The van der Waals surface area contributed by atoms with Crippen molar-refractivity contribution >= 4 is 5.97 Å². The molecule has 0 saturated carbocycles. The SMILES string of the molecule is O=C1CC(C(F)(F)F)CO1. The van der Waals surface area contributed by atoms with E-state index in [4.69, 9.17) is 0 Å². The molecule has 0 N–H and O–H groups in total. The summed E-state index contributed by atoms with van der Waals surface area (Å²) in [5, 5.41) is 0. The summed E-state index contributed by atoms with van der Waals surface area (Å²) >= 11 is 0. The lowest BCUT2D eigenvalue weighted by Crippen LogP contribution is -2.22. The van der Waals surface area contributed by atoms with Crippen molar-refractivity contribution in [2.75, 3.05) is 6.61 Å². The Morgan fingerprint density at radius 2 is 2.10 bits per heavy atom. The maximum atomic E-state index is 11.7. The normalized spacial score (nSPS) is 26.7. The second kappa shape index (κ2) is 2.14. The minimum Gasteiger partial charge on any atom is -0.465 e. The summed E-state index contributed by atoms with van der Waals surface area (Å²) in [6, 6.07) is 0. The Labute approximate surface area is 55.0 Å². The van der Waals surface area contributed by atoms with Gasteiger partial charge in [-0.2, -0.15) is 13.2 Å². The van der Waals surface area contributed by atoms with E-state index in [9.17, 15) is 18.0 Å². The van der Waals surface area contributed by atoms with Gasteiger partial charge in [-0.3, -0.25) is 4.79 Å². The maximum Gasteiger partial charge on any atom is 0.395 e. The number of hydrogen-bond acceptors (Lipinski definition) is 2. The molecular formula is C5H5F3O2. The number of carbonyl (C=O) groups excluding carboxylic acids is 1. The molecule has 0 amide bonds. The van der Waals surface area contributed by atoms with Crippen molar-refractivity contribution in [2.45, 2.75) is 12.6 Å². The zero-order chi connectivity index (χ0) is 7.78. The Morgan fingerprint density at radius 3 is 2.30 bits per heavy atom. The van der Waals surface area contributed by atoms with Crippen molar-refractivity contribution in [2.24, 2.45) is 5.92 Å². The molecule has 1 saturated heterocycles. The van der Waals surface area contributed by atoms with Gasteiger partial charge < -0.3 is 4.74 Å². The number of esters is 1. The fourth-order valence-corrected chi connectivity index (χ4v) is 0.723. The molecule has 0 aromatic rings. The van der Waals surface area contributed by atoms with Gasteiger partial charge in [-0.05, 0) is 0 Å². The van der Waals surface area contributed by atoms with Crippen LogP contribution < -0.4 is 0 Å². The number of cyclic esters (lactones) is 1. The molecule has 0 aromatic heterocycles. The molecule has 0 spiro atoms. The van der Waals surface area contributed by atoms with E-state index in [-0.39, 0.29) is 0 Å². The van der Waals surface area contributed by atoms with Crippen LogP contribution in [-0.2, 0) is 9.53 Å². The smallest absolute Gasteiger partial charge is 0.395 e. The molecule has 58 valence electrons. The van der Waals surface area contributed by atoms with Gasteiger partial charge in [0.2, 0.25) is 0 Å². The van der Waals surface area contributed by atoms with Crippen molar-refractivity contribution < 1.29 is 22.7 Å². The fourth-order valence-electron chi connectivity index (χ4n) is 0.723. The van der Waals surface area contributed by atoms with Crippen LogP contribution in [0.25, 0.3) is 0 Å². The average Bonchev–Trinajstić information content (AvgIpc) is 2.11. The second-order valence-corrected chi connectivity index (χ2v) is 2.13. The van der Waals surface area contributed by atoms with E-state index in [0.717, 1.165) is 0 Å². The van der Waals surface area contributed by atoms with Gasteiger partial charge in [0.25, 0.3) is 0 Å². The van der Waals surface area contributed by atoms with Crippen LogP contribution in [0.3, 0.4) is 0 Å². The number of ether oxygens (including phenoxy) is 1. The van der Waals surface area contributed by atoms with Crippen LogP contribution in [0.5, 0.6) is 0 Å². The molecule has 1 unspecified atom stereocenters. The molecule has 5 heteroatoms. The van der Waals surface area contributed by atoms with Gasteiger partial charge in [0.05, 0.1) is 12.3 Å². The first-order chi connectivity index (χ1) is 4.50. The van der Waals surface area contributed by atoms with E-state index in [2.05, 4.69) is 4.74 Å². The van der Waals surface area contributed by atoms with Crippen molar-refractivity contribution in [3.8, 4) is 0 Å². The van der Waals surface area contributed by atoms with Gasteiger partial charge in [-0.1, -0.05) is 0 Å².